The molecule has 0 bridgehead atoms. The first-order valence-electron chi connectivity index (χ1n) is 5.71. The molecule has 0 spiro atoms. The summed E-state index contributed by atoms with van der Waals surface area (Å²) >= 11 is 0. The topological polar surface area (TPSA) is 101 Å². The third-order valence-corrected chi connectivity index (χ3v) is 2.83. The summed E-state index contributed by atoms with van der Waals surface area (Å²) in [6.07, 6.45) is 3.97. The number of nitrogens with zero attached hydrogens (tertiary/aromatic N) is 1. The number of hydrogen-bond donors (Lipinski definition) is 3. The molecular formula is C12H16N4O2. The van der Waals surface area contributed by atoms with Crippen LogP contribution in [0.3, 0.4) is 0 Å². The van der Waals surface area contributed by atoms with Crippen LogP contribution in [0.5, 0.6) is 0 Å². The standard InChI is InChI=1S/C12H16N4O2/c1-12(2)4-7(3-8(17)5-12)16-9-10(13)14-6-15-11(9)18/h3,6,16H,4-5H2,1-2H3,(H3,13,14,15,18). The SMILES string of the molecule is CC1(C)CC(=O)C=C(Nc2c(N)nc[nH]c2=O)C1. The summed E-state index contributed by atoms with van der Waals surface area (Å²) in [5, 5.41) is 2.91. The number of nitrogens with one attached hydrogen (secondary N) is 2. The fraction of sp³-hybridized carbons (Fsp3) is 0.417. The average Bonchev–Trinajstić information content (AvgIpc) is 2.21. The van der Waals surface area contributed by atoms with Crippen molar-refractivity contribution in [1.82, 2.24) is 9.97 Å². The Kier molecular flexibility index (Phi) is 2.94. The van der Waals surface area contributed by atoms with E-state index in [2.05, 4.69) is 15.3 Å². The van der Waals surface area contributed by atoms with Gasteiger partial charge in [-0.15, -0.1) is 0 Å². The molecule has 0 unspecified atom stereocenters. The Morgan fingerprint density at radius 3 is 2.72 bits per heavy atom. The van der Waals surface area contributed by atoms with Crippen molar-refractivity contribution in [1.29, 1.82) is 0 Å². The van der Waals surface area contributed by atoms with Gasteiger partial charge in [-0.3, -0.25) is 9.59 Å². The van der Waals surface area contributed by atoms with Crippen molar-refractivity contribution in [3.8, 4) is 0 Å². The Morgan fingerprint density at radius 2 is 2.11 bits per heavy atom. The highest BCUT2D eigenvalue weighted by molar-refractivity contribution is 5.92. The lowest BCUT2D eigenvalue weighted by Crippen LogP contribution is -2.26. The molecule has 1 heterocycles. The monoisotopic (exact) mass is 248 g/mol. The molecule has 6 nitrogen and oxygen atoms in total. The Bertz CT molecular complexity index is 572. The normalized spacial score (nSPS) is 18.3. The number of allylic oxidation sites excluding steroid dienone is 2. The van der Waals surface area contributed by atoms with Gasteiger partial charge in [-0.05, 0) is 11.8 Å². The fourth-order valence-electron chi connectivity index (χ4n) is 2.12. The van der Waals surface area contributed by atoms with E-state index >= 15 is 0 Å². The van der Waals surface area contributed by atoms with Crippen molar-refractivity contribution in [3.05, 3.63) is 28.5 Å². The van der Waals surface area contributed by atoms with Gasteiger partial charge in [0, 0.05) is 18.2 Å². The zero-order valence-corrected chi connectivity index (χ0v) is 10.4. The number of carbonyl (C=O) groups is 1. The molecule has 0 aliphatic heterocycles. The molecule has 1 aliphatic rings. The van der Waals surface area contributed by atoms with E-state index in [9.17, 15) is 9.59 Å². The molecular weight excluding hydrogens is 232 g/mol. The number of nitrogens with two attached hydrogens (primary N) is 1. The highest BCUT2D eigenvalue weighted by Gasteiger charge is 2.28. The van der Waals surface area contributed by atoms with Crippen LogP contribution in [0.25, 0.3) is 0 Å². The molecule has 1 aromatic rings. The minimum atomic E-state index is -0.348. The van der Waals surface area contributed by atoms with E-state index < -0.39 is 0 Å². The maximum atomic E-state index is 11.6. The van der Waals surface area contributed by atoms with E-state index in [1.54, 1.807) is 0 Å². The van der Waals surface area contributed by atoms with E-state index in [0.717, 1.165) is 0 Å². The molecule has 18 heavy (non-hydrogen) atoms. The van der Waals surface area contributed by atoms with Crippen LogP contribution in [-0.4, -0.2) is 15.8 Å². The quantitative estimate of drug-likeness (QED) is 0.725. The molecule has 4 N–H and O–H groups in total. The van der Waals surface area contributed by atoms with E-state index in [0.29, 0.717) is 18.5 Å². The maximum absolute atomic E-state index is 11.6. The summed E-state index contributed by atoms with van der Waals surface area (Å²) < 4.78 is 0. The maximum Gasteiger partial charge on any atom is 0.276 e. The molecule has 1 aliphatic carbocycles. The minimum Gasteiger partial charge on any atom is -0.382 e. The molecule has 0 aromatic carbocycles. The van der Waals surface area contributed by atoms with Crippen molar-refractivity contribution in [2.75, 3.05) is 11.1 Å². The van der Waals surface area contributed by atoms with E-state index in [1.165, 1.54) is 12.4 Å². The first-order valence-corrected chi connectivity index (χ1v) is 5.71. The van der Waals surface area contributed by atoms with Crippen LogP contribution in [0.15, 0.2) is 22.9 Å². The molecule has 0 saturated heterocycles. The number of aromatic nitrogens is 2. The zero-order chi connectivity index (χ0) is 13.3. The smallest absolute Gasteiger partial charge is 0.276 e. The van der Waals surface area contributed by atoms with Crippen molar-refractivity contribution in [3.63, 3.8) is 0 Å². The Hall–Kier alpha value is -2.11. The Balaban J connectivity index is 2.30. The number of hydrogen-bond acceptors (Lipinski definition) is 5. The van der Waals surface area contributed by atoms with Crippen LogP contribution in [0.4, 0.5) is 11.5 Å². The summed E-state index contributed by atoms with van der Waals surface area (Å²) in [6.45, 7) is 4.02. The number of nitrogen functional groups attached to an aromatic ring is 1. The highest BCUT2D eigenvalue weighted by Crippen LogP contribution is 2.33. The average molecular weight is 248 g/mol. The van der Waals surface area contributed by atoms with Crippen LogP contribution < -0.4 is 16.6 Å². The fourth-order valence-corrected chi connectivity index (χ4v) is 2.12. The van der Waals surface area contributed by atoms with Crippen LogP contribution in [0, 0.1) is 5.41 Å². The summed E-state index contributed by atoms with van der Waals surface area (Å²) in [5.41, 5.74) is 6.06. The molecule has 1 aromatic heterocycles. The summed E-state index contributed by atoms with van der Waals surface area (Å²) in [6, 6.07) is 0. The van der Waals surface area contributed by atoms with Crippen molar-refractivity contribution >= 4 is 17.3 Å². The van der Waals surface area contributed by atoms with Crippen molar-refractivity contribution in [2.45, 2.75) is 26.7 Å². The van der Waals surface area contributed by atoms with Crippen molar-refractivity contribution in [2.24, 2.45) is 5.41 Å². The van der Waals surface area contributed by atoms with Gasteiger partial charge < -0.3 is 16.0 Å². The first kappa shape index (κ1) is 12.3. The number of ketones is 1. The molecule has 0 amide bonds. The number of H-pyrrole nitrogens is 1. The second-order valence-corrected chi connectivity index (χ2v) is 5.27. The highest BCUT2D eigenvalue weighted by atomic mass is 16.1. The summed E-state index contributed by atoms with van der Waals surface area (Å²) in [5.74, 6) is 0.170. The number of carbonyl (C=O) groups excluding carboxylic acids is 1. The summed E-state index contributed by atoms with van der Waals surface area (Å²) in [7, 11) is 0. The number of rotatable bonds is 2. The van der Waals surface area contributed by atoms with E-state index in [4.69, 9.17) is 5.73 Å². The molecule has 96 valence electrons. The Labute approximate surface area is 104 Å². The predicted molar refractivity (Wildman–Crippen MR) is 69.0 cm³/mol. The lowest BCUT2D eigenvalue weighted by atomic mass is 9.79. The van der Waals surface area contributed by atoms with Gasteiger partial charge in [0.25, 0.3) is 5.56 Å². The molecule has 0 saturated carbocycles. The van der Waals surface area contributed by atoms with E-state index in [-0.39, 0.29) is 28.3 Å². The zero-order valence-electron chi connectivity index (χ0n) is 10.4. The van der Waals surface area contributed by atoms with Gasteiger partial charge in [-0.25, -0.2) is 4.98 Å². The number of anilines is 2. The second-order valence-electron chi connectivity index (χ2n) is 5.27. The van der Waals surface area contributed by atoms with Crippen molar-refractivity contribution < 1.29 is 4.79 Å². The van der Waals surface area contributed by atoms with Gasteiger partial charge in [0.05, 0.1) is 6.33 Å². The van der Waals surface area contributed by atoms with Crippen LogP contribution in [-0.2, 0) is 4.79 Å². The third kappa shape index (κ3) is 2.58. The number of aromatic amines is 1. The van der Waals surface area contributed by atoms with Crippen LogP contribution in [0.2, 0.25) is 0 Å². The van der Waals surface area contributed by atoms with Gasteiger partial charge in [0.2, 0.25) is 0 Å². The van der Waals surface area contributed by atoms with Gasteiger partial charge in [0.1, 0.15) is 5.69 Å². The van der Waals surface area contributed by atoms with Gasteiger partial charge in [-0.2, -0.15) is 0 Å². The van der Waals surface area contributed by atoms with Gasteiger partial charge in [0.15, 0.2) is 11.6 Å². The van der Waals surface area contributed by atoms with Gasteiger partial charge in [-0.1, -0.05) is 13.8 Å². The first-order chi connectivity index (χ1) is 8.37. The van der Waals surface area contributed by atoms with E-state index in [1.807, 2.05) is 13.8 Å². The lowest BCUT2D eigenvalue weighted by molar-refractivity contribution is -0.117. The molecule has 0 fully saturated rings. The Morgan fingerprint density at radius 1 is 1.39 bits per heavy atom. The molecule has 0 radical (unpaired) electrons. The molecule has 0 atom stereocenters. The molecule has 2 rings (SSSR count). The van der Waals surface area contributed by atoms with Gasteiger partial charge >= 0.3 is 0 Å². The minimum absolute atomic E-state index is 0.0487. The molecule has 6 heteroatoms. The predicted octanol–water partition coefficient (Wildman–Crippen LogP) is 1.04. The third-order valence-electron chi connectivity index (χ3n) is 2.83. The second kappa shape index (κ2) is 4.29. The largest absolute Gasteiger partial charge is 0.382 e. The lowest BCUT2D eigenvalue weighted by Gasteiger charge is -2.29. The summed E-state index contributed by atoms with van der Waals surface area (Å²) in [4.78, 5) is 29.5. The van der Waals surface area contributed by atoms with Crippen LogP contribution >= 0.6 is 0 Å². The van der Waals surface area contributed by atoms with Crippen LogP contribution in [0.1, 0.15) is 26.7 Å².